The molecule has 0 aromatic heterocycles. The number of ether oxygens (including phenoxy) is 1. The maximum atomic E-state index is 10.7. The molecule has 2 atom stereocenters. The van der Waals surface area contributed by atoms with E-state index in [1.54, 1.807) is 0 Å². The monoisotopic (exact) mass is 170 g/mol. The van der Waals surface area contributed by atoms with Crippen molar-refractivity contribution in [3.05, 3.63) is 0 Å². The van der Waals surface area contributed by atoms with Crippen LogP contribution >= 0.6 is 0 Å². The standard InChI is InChI=1S/C10H18O2/c1-8-6-4-3-5-7-10(8)12-9(2)11/h8,10H,3-7H2,1-2H3. The van der Waals surface area contributed by atoms with Crippen molar-refractivity contribution in [1.82, 2.24) is 0 Å². The second-order valence-electron chi connectivity index (χ2n) is 3.76. The van der Waals surface area contributed by atoms with Crippen LogP contribution in [0.3, 0.4) is 0 Å². The molecule has 2 heteroatoms. The van der Waals surface area contributed by atoms with E-state index in [2.05, 4.69) is 6.92 Å². The first-order valence-corrected chi connectivity index (χ1v) is 4.87. The van der Waals surface area contributed by atoms with Crippen molar-refractivity contribution in [2.45, 2.75) is 52.1 Å². The number of hydrogen-bond acceptors (Lipinski definition) is 2. The van der Waals surface area contributed by atoms with E-state index in [9.17, 15) is 4.79 Å². The van der Waals surface area contributed by atoms with Gasteiger partial charge in [-0.25, -0.2) is 0 Å². The highest BCUT2D eigenvalue weighted by Gasteiger charge is 2.21. The molecule has 1 fully saturated rings. The summed E-state index contributed by atoms with van der Waals surface area (Å²) in [4.78, 5) is 10.7. The Labute approximate surface area is 74.3 Å². The predicted octanol–water partition coefficient (Wildman–Crippen LogP) is 2.52. The molecule has 0 saturated heterocycles. The van der Waals surface area contributed by atoms with Gasteiger partial charge < -0.3 is 4.74 Å². The van der Waals surface area contributed by atoms with Gasteiger partial charge >= 0.3 is 5.97 Å². The first kappa shape index (κ1) is 9.56. The van der Waals surface area contributed by atoms with Crippen molar-refractivity contribution in [3.63, 3.8) is 0 Å². The summed E-state index contributed by atoms with van der Waals surface area (Å²) < 4.78 is 5.24. The average Bonchev–Trinajstić information content (AvgIpc) is 2.16. The van der Waals surface area contributed by atoms with Crippen molar-refractivity contribution in [2.75, 3.05) is 0 Å². The van der Waals surface area contributed by atoms with Gasteiger partial charge in [-0.3, -0.25) is 4.79 Å². The molecule has 1 aliphatic rings. The SMILES string of the molecule is CC(=O)OC1CCCCCC1C. The molecule has 0 aromatic carbocycles. The first-order chi connectivity index (χ1) is 5.70. The molecule has 2 nitrogen and oxygen atoms in total. The molecule has 0 heterocycles. The van der Waals surface area contributed by atoms with E-state index in [0.29, 0.717) is 5.92 Å². The van der Waals surface area contributed by atoms with Gasteiger partial charge in [0.25, 0.3) is 0 Å². The Morgan fingerprint density at radius 2 is 1.92 bits per heavy atom. The Balaban J connectivity index is 2.41. The normalized spacial score (nSPS) is 30.8. The molecule has 12 heavy (non-hydrogen) atoms. The lowest BCUT2D eigenvalue weighted by Crippen LogP contribution is -2.22. The zero-order valence-corrected chi connectivity index (χ0v) is 8.01. The van der Waals surface area contributed by atoms with Crippen LogP contribution in [0.1, 0.15) is 46.0 Å². The summed E-state index contributed by atoms with van der Waals surface area (Å²) in [6.07, 6.45) is 6.24. The van der Waals surface area contributed by atoms with Crippen LogP contribution in [0.25, 0.3) is 0 Å². The summed E-state index contributed by atoms with van der Waals surface area (Å²) in [7, 11) is 0. The molecule has 0 amide bonds. The quantitative estimate of drug-likeness (QED) is 0.446. The van der Waals surface area contributed by atoms with Crippen LogP contribution < -0.4 is 0 Å². The highest BCUT2D eigenvalue weighted by Crippen LogP contribution is 2.25. The number of esters is 1. The van der Waals surface area contributed by atoms with Gasteiger partial charge in [-0.1, -0.05) is 19.8 Å². The minimum absolute atomic E-state index is 0.131. The van der Waals surface area contributed by atoms with Crippen LogP contribution in [0.5, 0.6) is 0 Å². The Morgan fingerprint density at radius 3 is 2.58 bits per heavy atom. The van der Waals surface area contributed by atoms with Crippen LogP contribution in [-0.4, -0.2) is 12.1 Å². The van der Waals surface area contributed by atoms with E-state index in [1.165, 1.54) is 32.6 Å². The van der Waals surface area contributed by atoms with Gasteiger partial charge in [0.05, 0.1) is 0 Å². The van der Waals surface area contributed by atoms with E-state index in [-0.39, 0.29) is 12.1 Å². The minimum Gasteiger partial charge on any atom is -0.462 e. The fourth-order valence-electron chi connectivity index (χ4n) is 1.85. The first-order valence-electron chi connectivity index (χ1n) is 4.87. The van der Waals surface area contributed by atoms with E-state index >= 15 is 0 Å². The van der Waals surface area contributed by atoms with Gasteiger partial charge in [0.1, 0.15) is 6.10 Å². The maximum absolute atomic E-state index is 10.7. The number of carbonyl (C=O) groups excluding carboxylic acids is 1. The van der Waals surface area contributed by atoms with Crippen molar-refractivity contribution >= 4 is 5.97 Å². The number of hydrogen-bond donors (Lipinski definition) is 0. The lowest BCUT2D eigenvalue weighted by atomic mass is 10.00. The van der Waals surface area contributed by atoms with Gasteiger partial charge in [-0.05, 0) is 25.2 Å². The van der Waals surface area contributed by atoms with Gasteiger partial charge in [0.15, 0.2) is 0 Å². The summed E-state index contributed by atoms with van der Waals surface area (Å²) in [6, 6.07) is 0. The molecule has 0 bridgehead atoms. The molecule has 70 valence electrons. The number of rotatable bonds is 1. The fraction of sp³-hybridized carbons (Fsp3) is 0.900. The molecular formula is C10H18O2. The zero-order chi connectivity index (χ0) is 8.97. The second kappa shape index (κ2) is 4.48. The molecule has 0 N–H and O–H groups in total. The van der Waals surface area contributed by atoms with Gasteiger partial charge in [-0.2, -0.15) is 0 Å². The molecule has 0 aromatic rings. The molecule has 0 aliphatic heterocycles. The predicted molar refractivity (Wildman–Crippen MR) is 47.8 cm³/mol. The van der Waals surface area contributed by atoms with Gasteiger partial charge in [0.2, 0.25) is 0 Å². The smallest absolute Gasteiger partial charge is 0.302 e. The second-order valence-corrected chi connectivity index (χ2v) is 3.76. The molecule has 1 aliphatic carbocycles. The van der Waals surface area contributed by atoms with Crippen LogP contribution in [-0.2, 0) is 9.53 Å². The van der Waals surface area contributed by atoms with Crippen molar-refractivity contribution in [3.8, 4) is 0 Å². The van der Waals surface area contributed by atoms with Crippen LogP contribution in [0, 0.1) is 5.92 Å². The largest absolute Gasteiger partial charge is 0.462 e. The third-order valence-corrected chi connectivity index (χ3v) is 2.60. The highest BCUT2D eigenvalue weighted by molar-refractivity contribution is 5.66. The van der Waals surface area contributed by atoms with Crippen molar-refractivity contribution in [1.29, 1.82) is 0 Å². The van der Waals surface area contributed by atoms with Crippen molar-refractivity contribution < 1.29 is 9.53 Å². The van der Waals surface area contributed by atoms with Crippen molar-refractivity contribution in [2.24, 2.45) is 5.92 Å². The lowest BCUT2D eigenvalue weighted by Gasteiger charge is -2.20. The lowest BCUT2D eigenvalue weighted by molar-refractivity contribution is -0.149. The Bertz CT molecular complexity index is 154. The zero-order valence-electron chi connectivity index (χ0n) is 8.01. The summed E-state index contributed by atoms with van der Waals surface area (Å²) in [5.74, 6) is 0.421. The van der Waals surface area contributed by atoms with Gasteiger partial charge in [0, 0.05) is 6.92 Å². The van der Waals surface area contributed by atoms with Crippen LogP contribution in [0.4, 0.5) is 0 Å². The Kier molecular flexibility index (Phi) is 3.57. The van der Waals surface area contributed by atoms with E-state index in [4.69, 9.17) is 4.74 Å². The summed E-state index contributed by atoms with van der Waals surface area (Å²) in [6.45, 7) is 3.68. The minimum atomic E-state index is -0.131. The molecule has 0 radical (unpaired) electrons. The molecule has 2 unspecified atom stereocenters. The average molecular weight is 170 g/mol. The Hall–Kier alpha value is -0.530. The van der Waals surface area contributed by atoms with E-state index in [1.807, 2.05) is 0 Å². The summed E-state index contributed by atoms with van der Waals surface area (Å²) in [5, 5.41) is 0. The Morgan fingerprint density at radius 1 is 1.25 bits per heavy atom. The summed E-state index contributed by atoms with van der Waals surface area (Å²) >= 11 is 0. The molecular weight excluding hydrogens is 152 g/mol. The fourth-order valence-corrected chi connectivity index (χ4v) is 1.85. The topological polar surface area (TPSA) is 26.3 Å². The van der Waals surface area contributed by atoms with Gasteiger partial charge in [-0.15, -0.1) is 0 Å². The third kappa shape index (κ3) is 2.84. The number of carbonyl (C=O) groups is 1. The maximum Gasteiger partial charge on any atom is 0.302 e. The van der Waals surface area contributed by atoms with E-state index < -0.39 is 0 Å². The molecule has 0 spiro atoms. The molecule has 1 saturated carbocycles. The van der Waals surface area contributed by atoms with Crippen LogP contribution in [0.15, 0.2) is 0 Å². The summed E-state index contributed by atoms with van der Waals surface area (Å²) in [5.41, 5.74) is 0. The highest BCUT2D eigenvalue weighted by atomic mass is 16.5. The van der Waals surface area contributed by atoms with Crippen LogP contribution in [0.2, 0.25) is 0 Å². The third-order valence-electron chi connectivity index (χ3n) is 2.60. The van der Waals surface area contributed by atoms with E-state index in [0.717, 1.165) is 6.42 Å². The molecule has 1 rings (SSSR count).